The third-order valence-corrected chi connectivity index (χ3v) is 7.15. The molecule has 2 saturated heterocycles. The van der Waals surface area contributed by atoms with Crippen LogP contribution in [0.5, 0.6) is 0 Å². The second-order valence-corrected chi connectivity index (χ2v) is 10.9. The average Bonchev–Trinajstić information content (AvgIpc) is 3.05. The number of hydrogen-bond acceptors (Lipinski definition) is 6. The quantitative estimate of drug-likeness (QED) is 0.298. The SMILES string of the molecule is CC(=O)N[C@H](C(=O)N1C[C@H]2[C@@H]([C@H]1C(=O)NN(C#N)C[C@@H]1CCNC1=O)C2(C)C)C(C)(C)C. The Balaban J connectivity index is 1.78. The summed E-state index contributed by atoms with van der Waals surface area (Å²) in [5, 5.41) is 16.1. The van der Waals surface area contributed by atoms with Crippen LogP contribution in [0.15, 0.2) is 0 Å². The van der Waals surface area contributed by atoms with Crippen LogP contribution in [0.2, 0.25) is 0 Å². The lowest BCUT2D eigenvalue weighted by Crippen LogP contribution is -2.60. The molecule has 0 aromatic rings. The molecule has 2 heterocycles. The van der Waals surface area contributed by atoms with E-state index in [-0.39, 0.29) is 47.4 Å². The summed E-state index contributed by atoms with van der Waals surface area (Å²) < 4.78 is 0. The fourth-order valence-corrected chi connectivity index (χ4v) is 5.18. The molecule has 5 atom stereocenters. The number of amides is 4. The second kappa shape index (κ2) is 8.26. The van der Waals surface area contributed by atoms with E-state index >= 15 is 0 Å². The van der Waals surface area contributed by atoms with Crippen molar-refractivity contribution < 1.29 is 19.2 Å². The molecule has 10 nitrogen and oxygen atoms in total. The summed E-state index contributed by atoms with van der Waals surface area (Å²) in [5.41, 5.74) is 1.99. The van der Waals surface area contributed by atoms with Gasteiger partial charge >= 0.3 is 0 Å². The molecule has 2 aliphatic heterocycles. The fourth-order valence-electron chi connectivity index (χ4n) is 5.18. The van der Waals surface area contributed by atoms with E-state index in [1.165, 1.54) is 6.92 Å². The Kier molecular flexibility index (Phi) is 6.15. The first-order valence-electron chi connectivity index (χ1n) is 11.1. The number of likely N-dealkylation sites (tertiary alicyclic amines) is 1. The van der Waals surface area contributed by atoms with Gasteiger partial charge in [-0.05, 0) is 29.1 Å². The third-order valence-electron chi connectivity index (χ3n) is 7.15. The van der Waals surface area contributed by atoms with E-state index in [4.69, 9.17) is 0 Å². The number of piperidine rings is 1. The van der Waals surface area contributed by atoms with E-state index < -0.39 is 23.4 Å². The number of nitriles is 1. The zero-order chi connectivity index (χ0) is 24.0. The Hall–Kier alpha value is -2.83. The highest BCUT2D eigenvalue weighted by molar-refractivity contribution is 5.93. The number of carbonyl (C=O) groups excluding carboxylic acids is 4. The van der Waals surface area contributed by atoms with Gasteiger partial charge in [-0.2, -0.15) is 5.26 Å². The molecule has 0 aromatic carbocycles. The van der Waals surface area contributed by atoms with Gasteiger partial charge < -0.3 is 15.5 Å². The van der Waals surface area contributed by atoms with E-state index in [0.29, 0.717) is 19.5 Å². The smallest absolute Gasteiger partial charge is 0.262 e. The van der Waals surface area contributed by atoms with Gasteiger partial charge in [0.05, 0.1) is 12.5 Å². The summed E-state index contributed by atoms with van der Waals surface area (Å²) in [6.45, 7) is 12.2. The number of hydrogen-bond donors (Lipinski definition) is 3. The van der Waals surface area contributed by atoms with Crippen LogP contribution in [-0.2, 0) is 19.2 Å². The van der Waals surface area contributed by atoms with Gasteiger partial charge in [-0.15, -0.1) is 0 Å². The Morgan fingerprint density at radius 3 is 2.50 bits per heavy atom. The van der Waals surface area contributed by atoms with Crippen molar-refractivity contribution in [2.24, 2.45) is 28.6 Å². The van der Waals surface area contributed by atoms with Crippen molar-refractivity contribution in [3.05, 3.63) is 0 Å². The van der Waals surface area contributed by atoms with Gasteiger partial charge in [0.2, 0.25) is 17.7 Å². The Labute approximate surface area is 189 Å². The van der Waals surface area contributed by atoms with E-state index in [2.05, 4.69) is 29.9 Å². The molecule has 1 saturated carbocycles. The average molecular weight is 447 g/mol. The highest BCUT2D eigenvalue weighted by atomic mass is 16.2. The van der Waals surface area contributed by atoms with Crippen LogP contribution >= 0.6 is 0 Å². The summed E-state index contributed by atoms with van der Waals surface area (Å²) in [5.74, 6) is -1.40. The molecule has 10 heteroatoms. The van der Waals surface area contributed by atoms with Gasteiger partial charge in [0.15, 0.2) is 6.19 Å². The normalized spacial score (nSPS) is 28.8. The molecule has 32 heavy (non-hydrogen) atoms. The van der Waals surface area contributed by atoms with Crippen LogP contribution in [0.3, 0.4) is 0 Å². The maximum absolute atomic E-state index is 13.5. The van der Waals surface area contributed by atoms with Crippen molar-refractivity contribution in [2.75, 3.05) is 19.6 Å². The summed E-state index contributed by atoms with van der Waals surface area (Å²) in [6.07, 6.45) is 2.53. The van der Waals surface area contributed by atoms with Crippen molar-refractivity contribution in [1.29, 1.82) is 5.26 Å². The first-order chi connectivity index (χ1) is 14.8. The zero-order valence-corrected chi connectivity index (χ0v) is 19.7. The Morgan fingerprint density at radius 1 is 1.34 bits per heavy atom. The molecule has 176 valence electrons. The van der Waals surface area contributed by atoms with Crippen molar-refractivity contribution in [1.82, 2.24) is 26.0 Å². The van der Waals surface area contributed by atoms with Crippen LogP contribution in [0.25, 0.3) is 0 Å². The van der Waals surface area contributed by atoms with E-state index in [9.17, 15) is 24.4 Å². The van der Waals surface area contributed by atoms with Gasteiger partial charge in [-0.3, -0.25) is 24.6 Å². The monoisotopic (exact) mass is 446 g/mol. The summed E-state index contributed by atoms with van der Waals surface area (Å²) >= 11 is 0. The lowest BCUT2D eigenvalue weighted by atomic mass is 9.85. The zero-order valence-electron chi connectivity index (χ0n) is 19.7. The first kappa shape index (κ1) is 23.8. The van der Waals surface area contributed by atoms with Gasteiger partial charge in [0.25, 0.3) is 5.91 Å². The molecular weight excluding hydrogens is 412 g/mol. The standard InChI is InChI=1S/C22H34N6O4/c1-12(29)25-17(21(2,3)4)20(32)28-10-14-15(22(14,5)6)16(28)19(31)26-27(11-23)9-13-7-8-24-18(13)30/h13-17H,7-10H2,1-6H3,(H,24,30)(H,25,29)(H,26,31)/t13-,14-,15-,16-,17+/m0/s1. The second-order valence-electron chi connectivity index (χ2n) is 10.9. The molecule has 1 aliphatic carbocycles. The van der Waals surface area contributed by atoms with E-state index in [1.54, 1.807) is 4.90 Å². The summed E-state index contributed by atoms with van der Waals surface area (Å²) in [7, 11) is 0. The van der Waals surface area contributed by atoms with Crippen molar-refractivity contribution in [2.45, 2.75) is 60.0 Å². The number of nitrogens with zero attached hydrogens (tertiary/aromatic N) is 3. The third kappa shape index (κ3) is 4.38. The molecule has 0 spiro atoms. The topological polar surface area (TPSA) is 135 Å². The predicted molar refractivity (Wildman–Crippen MR) is 115 cm³/mol. The molecule has 0 unspecified atom stereocenters. The highest BCUT2D eigenvalue weighted by Gasteiger charge is 2.69. The van der Waals surface area contributed by atoms with Crippen LogP contribution in [0, 0.1) is 40.0 Å². The maximum atomic E-state index is 13.5. The summed E-state index contributed by atoms with van der Waals surface area (Å²) in [4.78, 5) is 52.0. The van der Waals surface area contributed by atoms with Crippen LogP contribution in [0.1, 0.15) is 48.0 Å². The summed E-state index contributed by atoms with van der Waals surface area (Å²) in [6, 6.07) is -1.51. The molecule has 3 aliphatic rings. The Bertz CT molecular complexity index is 857. The number of hydrazine groups is 1. The number of rotatable bonds is 6. The lowest BCUT2D eigenvalue weighted by Gasteiger charge is -2.37. The minimum absolute atomic E-state index is 0.0280. The minimum Gasteiger partial charge on any atom is -0.356 e. The molecule has 3 N–H and O–H groups in total. The fraction of sp³-hybridized carbons (Fsp3) is 0.773. The first-order valence-corrected chi connectivity index (χ1v) is 11.1. The van der Waals surface area contributed by atoms with E-state index in [1.807, 2.05) is 27.0 Å². The molecule has 0 bridgehead atoms. The van der Waals surface area contributed by atoms with Crippen molar-refractivity contribution >= 4 is 23.6 Å². The van der Waals surface area contributed by atoms with Gasteiger partial charge in [-0.1, -0.05) is 34.6 Å². The molecule has 0 aromatic heterocycles. The molecule has 4 amide bonds. The number of nitrogens with one attached hydrogen (secondary N) is 3. The predicted octanol–water partition coefficient (Wildman–Crippen LogP) is -0.0294. The highest BCUT2D eigenvalue weighted by Crippen LogP contribution is 2.65. The van der Waals surface area contributed by atoms with Crippen molar-refractivity contribution in [3.63, 3.8) is 0 Å². The Morgan fingerprint density at radius 2 is 2.00 bits per heavy atom. The van der Waals surface area contributed by atoms with Crippen LogP contribution in [0.4, 0.5) is 0 Å². The van der Waals surface area contributed by atoms with Crippen molar-refractivity contribution in [3.8, 4) is 6.19 Å². The maximum Gasteiger partial charge on any atom is 0.262 e. The van der Waals surface area contributed by atoms with Gasteiger partial charge in [-0.25, -0.2) is 5.01 Å². The molecule has 3 fully saturated rings. The van der Waals surface area contributed by atoms with Crippen LogP contribution < -0.4 is 16.1 Å². The largest absolute Gasteiger partial charge is 0.356 e. The van der Waals surface area contributed by atoms with Gasteiger partial charge in [0, 0.05) is 20.0 Å². The molecular formula is C22H34N6O4. The van der Waals surface area contributed by atoms with Crippen LogP contribution in [-0.4, -0.2) is 65.3 Å². The minimum atomic E-state index is -0.773. The van der Waals surface area contributed by atoms with E-state index in [0.717, 1.165) is 5.01 Å². The van der Waals surface area contributed by atoms with Gasteiger partial charge in [0.1, 0.15) is 12.1 Å². The number of fused-ring (bicyclic) bond motifs is 1. The lowest BCUT2D eigenvalue weighted by molar-refractivity contribution is -0.146. The molecule has 3 rings (SSSR count). The number of carbonyl (C=O) groups is 4. The molecule has 0 radical (unpaired) electrons.